The van der Waals surface area contributed by atoms with Gasteiger partial charge >= 0.3 is 0 Å². The number of ether oxygens (including phenoxy) is 1. The molecule has 2 rings (SSSR count). The molecular formula is C13H11Br2NO2. The molecule has 1 aromatic heterocycles. The average Bonchev–Trinajstić information content (AvgIpc) is 2.35. The van der Waals surface area contributed by atoms with Gasteiger partial charge in [-0.15, -0.1) is 0 Å². The predicted molar refractivity (Wildman–Crippen MR) is 78.0 cm³/mol. The second kappa shape index (κ2) is 6.20. The summed E-state index contributed by atoms with van der Waals surface area (Å²) in [4.78, 5) is 11.7. The Morgan fingerprint density at radius 3 is 2.78 bits per heavy atom. The normalized spacial score (nSPS) is 10.3. The minimum Gasteiger partial charge on any atom is -0.492 e. The first-order valence-corrected chi connectivity index (χ1v) is 6.99. The number of pyridine rings is 1. The number of hydrogen-bond acceptors (Lipinski definition) is 2. The van der Waals surface area contributed by atoms with E-state index >= 15 is 0 Å². The highest BCUT2D eigenvalue weighted by Gasteiger charge is 2.00. The number of halogens is 2. The second-order valence-electron chi connectivity index (χ2n) is 3.66. The molecule has 0 spiro atoms. The van der Waals surface area contributed by atoms with Crippen LogP contribution in [0.5, 0.6) is 5.75 Å². The van der Waals surface area contributed by atoms with Crippen LogP contribution in [0.2, 0.25) is 0 Å². The summed E-state index contributed by atoms with van der Waals surface area (Å²) in [6.45, 7) is 0.970. The smallest absolute Gasteiger partial charge is 0.264 e. The fourth-order valence-electron chi connectivity index (χ4n) is 1.50. The number of benzene rings is 1. The van der Waals surface area contributed by atoms with Crippen LogP contribution in [0, 0.1) is 0 Å². The summed E-state index contributed by atoms with van der Waals surface area (Å²) >= 11 is 6.59. The number of nitrogens with zero attached hydrogens (tertiary/aromatic N) is 1. The lowest BCUT2D eigenvalue weighted by molar-refractivity contribution is 0.296. The van der Waals surface area contributed by atoms with Gasteiger partial charge in [-0.25, -0.2) is 0 Å². The average molecular weight is 373 g/mol. The molecule has 0 unspecified atom stereocenters. The van der Waals surface area contributed by atoms with Gasteiger partial charge in [-0.2, -0.15) is 0 Å². The molecule has 1 heterocycles. The van der Waals surface area contributed by atoms with Crippen LogP contribution in [0.4, 0.5) is 0 Å². The van der Waals surface area contributed by atoms with Crippen molar-refractivity contribution in [3.63, 3.8) is 0 Å². The van der Waals surface area contributed by atoms with Gasteiger partial charge < -0.3 is 9.30 Å². The third-order valence-corrected chi connectivity index (χ3v) is 3.47. The molecule has 0 atom stereocenters. The standard InChI is InChI=1S/C13H11Br2NO2/c14-10-3-1-4-11(9-10)18-8-7-16-6-2-5-12(15)13(16)17/h1-6,9H,7-8H2. The second-order valence-corrected chi connectivity index (χ2v) is 5.43. The summed E-state index contributed by atoms with van der Waals surface area (Å²) in [6, 6.07) is 11.2. The van der Waals surface area contributed by atoms with Crippen LogP contribution in [0.25, 0.3) is 0 Å². The molecule has 1 aromatic carbocycles. The Labute approximate surface area is 122 Å². The summed E-state index contributed by atoms with van der Waals surface area (Å²) in [6.07, 6.45) is 1.75. The molecule has 94 valence electrons. The Morgan fingerprint density at radius 2 is 2.00 bits per heavy atom. The topological polar surface area (TPSA) is 31.2 Å². The highest BCUT2D eigenvalue weighted by molar-refractivity contribution is 9.10. The summed E-state index contributed by atoms with van der Waals surface area (Å²) in [5.74, 6) is 0.785. The van der Waals surface area contributed by atoms with Crippen LogP contribution in [-0.2, 0) is 6.54 Å². The zero-order valence-electron chi connectivity index (χ0n) is 9.48. The van der Waals surface area contributed by atoms with Gasteiger partial charge in [0.15, 0.2) is 0 Å². The van der Waals surface area contributed by atoms with E-state index in [4.69, 9.17) is 4.74 Å². The first kappa shape index (κ1) is 13.4. The minimum atomic E-state index is -0.0460. The fourth-order valence-corrected chi connectivity index (χ4v) is 2.26. The zero-order valence-corrected chi connectivity index (χ0v) is 12.6. The zero-order chi connectivity index (χ0) is 13.0. The number of rotatable bonds is 4. The Bertz CT molecular complexity index is 596. The molecule has 3 nitrogen and oxygen atoms in total. The summed E-state index contributed by atoms with van der Waals surface area (Å²) < 4.78 is 8.73. The van der Waals surface area contributed by atoms with Gasteiger partial charge in [0.1, 0.15) is 12.4 Å². The van der Waals surface area contributed by atoms with E-state index in [1.165, 1.54) is 0 Å². The maximum Gasteiger partial charge on any atom is 0.264 e. The monoisotopic (exact) mass is 371 g/mol. The number of hydrogen-bond donors (Lipinski definition) is 0. The molecule has 0 N–H and O–H groups in total. The van der Waals surface area contributed by atoms with Crippen LogP contribution in [0.15, 0.2) is 56.3 Å². The molecule has 18 heavy (non-hydrogen) atoms. The van der Waals surface area contributed by atoms with Crippen molar-refractivity contribution in [2.45, 2.75) is 6.54 Å². The Kier molecular flexibility index (Phi) is 4.60. The van der Waals surface area contributed by atoms with Crippen molar-refractivity contribution in [1.29, 1.82) is 0 Å². The van der Waals surface area contributed by atoms with Crippen molar-refractivity contribution in [1.82, 2.24) is 4.57 Å². The largest absolute Gasteiger partial charge is 0.492 e. The first-order chi connectivity index (χ1) is 8.66. The van der Waals surface area contributed by atoms with Gasteiger partial charge in [0, 0.05) is 10.7 Å². The van der Waals surface area contributed by atoms with Crippen molar-refractivity contribution in [2.75, 3.05) is 6.61 Å². The maximum atomic E-state index is 11.7. The fraction of sp³-hybridized carbons (Fsp3) is 0.154. The Balaban J connectivity index is 1.97. The Morgan fingerprint density at radius 1 is 1.17 bits per heavy atom. The SMILES string of the molecule is O=c1c(Br)cccn1CCOc1cccc(Br)c1. The molecule has 0 radical (unpaired) electrons. The first-order valence-electron chi connectivity index (χ1n) is 5.40. The van der Waals surface area contributed by atoms with E-state index < -0.39 is 0 Å². The van der Waals surface area contributed by atoms with Crippen LogP contribution < -0.4 is 10.3 Å². The highest BCUT2D eigenvalue weighted by Crippen LogP contribution is 2.17. The van der Waals surface area contributed by atoms with Crippen molar-refractivity contribution >= 4 is 31.9 Å². The van der Waals surface area contributed by atoms with Gasteiger partial charge in [0.05, 0.1) is 11.0 Å². The minimum absolute atomic E-state index is 0.0460. The third-order valence-electron chi connectivity index (χ3n) is 2.37. The van der Waals surface area contributed by atoms with Gasteiger partial charge in [-0.1, -0.05) is 22.0 Å². The third kappa shape index (κ3) is 3.46. The van der Waals surface area contributed by atoms with Crippen molar-refractivity contribution in [3.8, 4) is 5.75 Å². The highest BCUT2D eigenvalue weighted by atomic mass is 79.9. The van der Waals surface area contributed by atoms with Crippen LogP contribution in [-0.4, -0.2) is 11.2 Å². The molecule has 0 aliphatic heterocycles. The maximum absolute atomic E-state index is 11.7. The van der Waals surface area contributed by atoms with E-state index in [1.807, 2.05) is 30.3 Å². The van der Waals surface area contributed by atoms with Crippen LogP contribution >= 0.6 is 31.9 Å². The van der Waals surface area contributed by atoms with E-state index in [0.29, 0.717) is 17.6 Å². The van der Waals surface area contributed by atoms with Crippen LogP contribution in [0.1, 0.15) is 0 Å². The van der Waals surface area contributed by atoms with E-state index in [-0.39, 0.29) is 5.56 Å². The predicted octanol–water partition coefficient (Wildman–Crippen LogP) is 3.45. The van der Waals surface area contributed by atoms with E-state index in [0.717, 1.165) is 10.2 Å². The Hall–Kier alpha value is -1.07. The summed E-state index contributed by atoms with van der Waals surface area (Å²) in [7, 11) is 0. The molecule has 0 bridgehead atoms. The lowest BCUT2D eigenvalue weighted by atomic mass is 10.3. The molecule has 0 saturated carbocycles. The van der Waals surface area contributed by atoms with Crippen LogP contribution in [0.3, 0.4) is 0 Å². The van der Waals surface area contributed by atoms with E-state index in [1.54, 1.807) is 16.8 Å². The lowest BCUT2D eigenvalue weighted by Crippen LogP contribution is -2.22. The van der Waals surface area contributed by atoms with Gasteiger partial charge in [-0.3, -0.25) is 4.79 Å². The summed E-state index contributed by atoms with van der Waals surface area (Å²) in [5.41, 5.74) is -0.0460. The van der Waals surface area contributed by atoms with Gasteiger partial charge in [-0.05, 0) is 46.3 Å². The quantitative estimate of drug-likeness (QED) is 0.822. The van der Waals surface area contributed by atoms with E-state index in [2.05, 4.69) is 31.9 Å². The van der Waals surface area contributed by atoms with Crippen molar-refractivity contribution < 1.29 is 4.74 Å². The molecule has 0 amide bonds. The molecule has 0 fully saturated rings. The van der Waals surface area contributed by atoms with Gasteiger partial charge in [0.2, 0.25) is 0 Å². The molecular weight excluding hydrogens is 362 g/mol. The summed E-state index contributed by atoms with van der Waals surface area (Å²) in [5, 5.41) is 0. The lowest BCUT2D eigenvalue weighted by Gasteiger charge is -2.08. The molecule has 2 aromatic rings. The van der Waals surface area contributed by atoms with Crippen molar-refractivity contribution in [3.05, 3.63) is 61.9 Å². The van der Waals surface area contributed by atoms with Crippen molar-refractivity contribution in [2.24, 2.45) is 0 Å². The molecule has 5 heteroatoms. The van der Waals surface area contributed by atoms with Gasteiger partial charge in [0.25, 0.3) is 5.56 Å². The molecule has 0 aliphatic carbocycles. The molecule has 0 saturated heterocycles. The molecule has 0 aliphatic rings. The number of aromatic nitrogens is 1. The van der Waals surface area contributed by atoms with E-state index in [9.17, 15) is 4.79 Å².